The van der Waals surface area contributed by atoms with Crippen LogP contribution >= 0.6 is 0 Å². The highest BCUT2D eigenvalue weighted by Crippen LogP contribution is 2.43. The first-order valence-electron chi connectivity index (χ1n) is 13.6. The predicted molar refractivity (Wildman–Crippen MR) is 158 cm³/mol. The summed E-state index contributed by atoms with van der Waals surface area (Å²) in [6.07, 6.45) is 7.87. The summed E-state index contributed by atoms with van der Waals surface area (Å²) in [7, 11) is 2.19. The van der Waals surface area contributed by atoms with E-state index in [2.05, 4.69) is 62.9 Å². The van der Waals surface area contributed by atoms with Gasteiger partial charge in [0.15, 0.2) is 5.82 Å². The normalized spacial score (nSPS) is 16.2. The zero-order chi connectivity index (χ0) is 27.4. The van der Waals surface area contributed by atoms with Gasteiger partial charge in [-0.05, 0) is 92.6 Å². The number of anilines is 1. The molecule has 200 valence electrons. The third-order valence-corrected chi connectivity index (χ3v) is 7.46. The Morgan fingerprint density at radius 1 is 1.15 bits per heavy atom. The fraction of sp³-hybridized carbons (Fsp3) is 0.344. The molecule has 0 atom stereocenters. The van der Waals surface area contributed by atoms with Gasteiger partial charge in [-0.25, -0.2) is 9.66 Å². The van der Waals surface area contributed by atoms with Crippen LogP contribution in [0.4, 0.5) is 5.69 Å². The molecule has 2 aromatic carbocycles. The van der Waals surface area contributed by atoms with Gasteiger partial charge in [-0.1, -0.05) is 24.1 Å². The molecule has 3 aromatic rings. The first-order chi connectivity index (χ1) is 18.9. The van der Waals surface area contributed by atoms with Crippen LogP contribution in [0.3, 0.4) is 0 Å². The molecule has 2 fully saturated rings. The van der Waals surface area contributed by atoms with Crippen LogP contribution in [0.5, 0.6) is 0 Å². The van der Waals surface area contributed by atoms with Gasteiger partial charge < -0.3 is 10.2 Å². The SMILES string of the molecule is C=Nn1c(C#Cc2cc(C(=O)Nc3ccc(CN4CCN(C)CC4)c(C4CC4)c3)ccc2C)cnc1/C=C\C. The van der Waals surface area contributed by atoms with Crippen LogP contribution in [0.25, 0.3) is 6.08 Å². The molecule has 1 N–H and O–H groups in total. The number of aromatic nitrogens is 2. The molecule has 1 aromatic heterocycles. The summed E-state index contributed by atoms with van der Waals surface area (Å²) in [5.74, 6) is 7.46. The summed E-state index contributed by atoms with van der Waals surface area (Å²) in [6.45, 7) is 12.9. The van der Waals surface area contributed by atoms with Gasteiger partial charge in [0, 0.05) is 56.3 Å². The second kappa shape index (κ2) is 11.8. The molecule has 0 radical (unpaired) electrons. The van der Waals surface area contributed by atoms with E-state index in [1.165, 1.54) is 24.0 Å². The molecule has 5 rings (SSSR count). The standard InChI is InChI=1S/C32H36N6O/c1-5-6-31-34-21-29(38(31)33-3)14-12-25-19-26(8-7-23(25)2)32(39)35-28-13-11-27(30(20-28)24-9-10-24)22-37-17-15-36(4)16-18-37/h5-8,11,13,19-21,24H,3,9-10,15-18,22H2,1-2,4H3,(H,35,39)/b6-5-. The van der Waals surface area contributed by atoms with E-state index in [4.69, 9.17) is 0 Å². The van der Waals surface area contributed by atoms with Gasteiger partial charge in [-0.15, -0.1) is 0 Å². The Bertz CT molecular complexity index is 1460. The lowest BCUT2D eigenvalue weighted by atomic mass is 10.0. The van der Waals surface area contributed by atoms with Gasteiger partial charge >= 0.3 is 0 Å². The average Bonchev–Trinajstić information content (AvgIpc) is 3.71. The third kappa shape index (κ3) is 6.36. The van der Waals surface area contributed by atoms with E-state index in [9.17, 15) is 4.79 Å². The Morgan fingerprint density at radius 3 is 2.67 bits per heavy atom. The Labute approximate surface area is 231 Å². The van der Waals surface area contributed by atoms with Crippen LogP contribution in [0.1, 0.15) is 69.8 Å². The van der Waals surface area contributed by atoms with Gasteiger partial charge in [0.05, 0.1) is 6.20 Å². The fourth-order valence-electron chi connectivity index (χ4n) is 4.93. The van der Waals surface area contributed by atoms with E-state index in [1.807, 2.05) is 50.3 Å². The average molecular weight is 521 g/mol. The highest BCUT2D eigenvalue weighted by atomic mass is 16.1. The maximum atomic E-state index is 13.2. The lowest BCUT2D eigenvalue weighted by molar-refractivity contribution is 0.102. The highest BCUT2D eigenvalue weighted by Gasteiger charge is 2.27. The van der Waals surface area contributed by atoms with E-state index >= 15 is 0 Å². The Hall–Kier alpha value is -3.99. The zero-order valence-corrected chi connectivity index (χ0v) is 23.1. The third-order valence-electron chi connectivity index (χ3n) is 7.46. The predicted octanol–water partition coefficient (Wildman–Crippen LogP) is 4.97. The number of nitrogens with zero attached hydrogens (tertiary/aromatic N) is 5. The van der Waals surface area contributed by atoms with Gasteiger partial charge in [-0.2, -0.15) is 5.10 Å². The van der Waals surface area contributed by atoms with Crippen molar-refractivity contribution >= 4 is 24.4 Å². The van der Waals surface area contributed by atoms with Crippen molar-refractivity contribution in [2.75, 3.05) is 38.5 Å². The van der Waals surface area contributed by atoms with Gasteiger partial charge in [-0.3, -0.25) is 9.69 Å². The first kappa shape index (κ1) is 26.6. The molecular formula is C32H36N6O. The molecule has 1 amide bonds. The molecule has 0 bridgehead atoms. The summed E-state index contributed by atoms with van der Waals surface area (Å²) in [6, 6.07) is 12.0. The quantitative estimate of drug-likeness (QED) is 0.353. The number of piperazine rings is 1. The largest absolute Gasteiger partial charge is 0.322 e. The van der Waals surface area contributed by atoms with Crippen molar-refractivity contribution in [2.45, 2.75) is 39.2 Å². The lowest BCUT2D eigenvalue weighted by Gasteiger charge is -2.32. The van der Waals surface area contributed by atoms with Crippen LogP contribution in [0, 0.1) is 18.8 Å². The topological polar surface area (TPSA) is 65.8 Å². The molecule has 7 nitrogen and oxygen atoms in total. The second-order valence-corrected chi connectivity index (χ2v) is 10.5. The van der Waals surface area contributed by atoms with Crippen molar-refractivity contribution in [1.29, 1.82) is 0 Å². The molecule has 1 saturated carbocycles. The minimum atomic E-state index is -0.139. The summed E-state index contributed by atoms with van der Waals surface area (Å²) in [4.78, 5) is 22.5. The van der Waals surface area contributed by atoms with Gasteiger partial charge in [0.2, 0.25) is 0 Å². The minimum absolute atomic E-state index is 0.139. The number of rotatable bonds is 7. The van der Waals surface area contributed by atoms with Crippen LogP contribution in [-0.2, 0) is 6.54 Å². The number of hydrogen-bond acceptors (Lipinski definition) is 5. The molecule has 0 spiro atoms. The summed E-state index contributed by atoms with van der Waals surface area (Å²) in [5, 5.41) is 7.15. The molecule has 2 heterocycles. The zero-order valence-electron chi connectivity index (χ0n) is 23.1. The number of allylic oxidation sites excluding steroid dienone is 1. The van der Waals surface area contributed by atoms with E-state index in [-0.39, 0.29) is 5.91 Å². The van der Waals surface area contributed by atoms with Crippen molar-refractivity contribution < 1.29 is 4.79 Å². The maximum absolute atomic E-state index is 13.2. The number of benzene rings is 2. The number of carbonyl (C=O) groups excluding carboxylic acids is 1. The van der Waals surface area contributed by atoms with Crippen molar-refractivity contribution in [3.63, 3.8) is 0 Å². The highest BCUT2D eigenvalue weighted by molar-refractivity contribution is 6.04. The Balaban J connectivity index is 1.32. The van der Waals surface area contributed by atoms with Crippen molar-refractivity contribution in [3.05, 3.63) is 88.0 Å². The number of amides is 1. The summed E-state index contributed by atoms with van der Waals surface area (Å²) < 4.78 is 1.60. The van der Waals surface area contributed by atoms with E-state index in [0.29, 0.717) is 23.0 Å². The first-order valence-corrected chi connectivity index (χ1v) is 13.6. The number of aryl methyl sites for hydroxylation is 1. The Kier molecular flexibility index (Phi) is 8.06. The van der Waals surface area contributed by atoms with Crippen LogP contribution in [0.15, 0.2) is 53.8 Å². The molecule has 0 unspecified atom stereocenters. The molecule has 1 saturated heterocycles. The van der Waals surface area contributed by atoms with E-state index in [1.54, 1.807) is 10.9 Å². The second-order valence-electron chi connectivity index (χ2n) is 10.5. The molecule has 1 aliphatic heterocycles. The molecule has 39 heavy (non-hydrogen) atoms. The molecule has 7 heteroatoms. The lowest BCUT2D eigenvalue weighted by Crippen LogP contribution is -2.44. The van der Waals surface area contributed by atoms with Gasteiger partial charge in [0.1, 0.15) is 5.69 Å². The van der Waals surface area contributed by atoms with Crippen molar-refractivity contribution in [1.82, 2.24) is 19.5 Å². The minimum Gasteiger partial charge on any atom is -0.322 e. The van der Waals surface area contributed by atoms with Gasteiger partial charge in [0.25, 0.3) is 5.91 Å². The molecular weight excluding hydrogens is 484 g/mol. The number of carbonyl (C=O) groups is 1. The van der Waals surface area contributed by atoms with Crippen LogP contribution in [0.2, 0.25) is 0 Å². The van der Waals surface area contributed by atoms with Crippen molar-refractivity contribution in [2.24, 2.45) is 5.10 Å². The maximum Gasteiger partial charge on any atom is 0.255 e. The van der Waals surface area contributed by atoms with Crippen LogP contribution < -0.4 is 5.32 Å². The van der Waals surface area contributed by atoms with E-state index in [0.717, 1.165) is 49.5 Å². The molecule has 1 aliphatic carbocycles. The number of nitrogens with one attached hydrogen (secondary N) is 1. The van der Waals surface area contributed by atoms with Crippen LogP contribution in [-0.4, -0.2) is 65.3 Å². The summed E-state index contributed by atoms with van der Waals surface area (Å²) in [5.41, 5.74) is 6.60. The smallest absolute Gasteiger partial charge is 0.255 e. The Morgan fingerprint density at radius 2 is 1.95 bits per heavy atom. The number of hydrogen-bond donors (Lipinski definition) is 1. The number of imidazole rings is 1. The van der Waals surface area contributed by atoms with E-state index < -0.39 is 0 Å². The monoisotopic (exact) mass is 520 g/mol. The fourth-order valence-corrected chi connectivity index (χ4v) is 4.93. The van der Waals surface area contributed by atoms with Crippen molar-refractivity contribution in [3.8, 4) is 11.8 Å². The number of likely N-dealkylation sites (N-methyl/N-ethyl adjacent to an activating group) is 1. The summed E-state index contributed by atoms with van der Waals surface area (Å²) >= 11 is 0. The molecule has 2 aliphatic rings.